The first-order valence-electron chi connectivity index (χ1n) is 5.80. The summed E-state index contributed by atoms with van der Waals surface area (Å²) in [6.45, 7) is 1.98. The molecule has 0 atom stereocenters. The van der Waals surface area contributed by atoms with Gasteiger partial charge in [-0.05, 0) is 19.1 Å². The molecule has 3 rings (SSSR count). The highest BCUT2D eigenvalue weighted by Crippen LogP contribution is 2.24. The third kappa shape index (κ3) is 1.52. The van der Waals surface area contributed by atoms with Crippen LogP contribution in [0.1, 0.15) is 16.2 Å². The van der Waals surface area contributed by atoms with E-state index in [1.807, 2.05) is 53.8 Å². The molecule has 0 radical (unpaired) electrons. The van der Waals surface area contributed by atoms with Crippen LogP contribution in [-0.2, 0) is 0 Å². The molecule has 0 aliphatic carbocycles. The molecule has 0 fully saturated rings. The van der Waals surface area contributed by atoms with Crippen molar-refractivity contribution in [2.45, 2.75) is 6.92 Å². The zero-order valence-corrected chi connectivity index (χ0v) is 10.00. The molecule has 0 saturated carbocycles. The molecular weight excluding hydrogens is 224 g/mol. The predicted octanol–water partition coefficient (Wildman–Crippen LogP) is 3.12. The highest BCUT2D eigenvalue weighted by Gasteiger charge is 2.11. The van der Waals surface area contributed by atoms with E-state index in [1.54, 1.807) is 6.07 Å². The van der Waals surface area contributed by atoms with Gasteiger partial charge in [-0.3, -0.25) is 9.20 Å². The average Bonchev–Trinajstić information content (AvgIpc) is 2.77. The Morgan fingerprint density at radius 1 is 1.06 bits per heavy atom. The van der Waals surface area contributed by atoms with Gasteiger partial charge < -0.3 is 0 Å². The Morgan fingerprint density at radius 3 is 2.56 bits per heavy atom. The maximum atomic E-state index is 11.1. The lowest BCUT2D eigenvalue weighted by Gasteiger charge is -2.01. The van der Waals surface area contributed by atoms with Crippen molar-refractivity contribution in [1.82, 2.24) is 9.38 Å². The Kier molecular flexibility index (Phi) is 2.45. The molecule has 0 amide bonds. The van der Waals surface area contributed by atoms with E-state index in [2.05, 4.69) is 4.98 Å². The molecule has 0 spiro atoms. The first-order chi connectivity index (χ1) is 8.81. The van der Waals surface area contributed by atoms with Crippen molar-refractivity contribution in [2.75, 3.05) is 0 Å². The van der Waals surface area contributed by atoms with Gasteiger partial charge in [0.15, 0.2) is 6.29 Å². The van der Waals surface area contributed by atoms with Crippen LogP contribution in [0, 0.1) is 6.92 Å². The Bertz CT molecular complexity index is 714. The second-order valence-electron chi connectivity index (χ2n) is 4.17. The van der Waals surface area contributed by atoms with Crippen molar-refractivity contribution in [3.63, 3.8) is 0 Å². The Balaban J connectivity index is 2.33. The zero-order chi connectivity index (χ0) is 12.5. The zero-order valence-electron chi connectivity index (χ0n) is 10.00. The van der Waals surface area contributed by atoms with Crippen molar-refractivity contribution < 1.29 is 4.79 Å². The number of hydrogen-bond donors (Lipinski definition) is 0. The van der Waals surface area contributed by atoms with Crippen molar-refractivity contribution in [2.24, 2.45) is 0 Å². The van der Waals surface area contributed by atoms with Crippen LogP contribution in [0.5, 0.6) is 0 Å². The lowest BCUT2D eigenvalue weighted by molar-refractivity contribution is 0.111. The topological polar surface area (TPSA) is 34.4 Å². The Morgan fingerprint density at radius 2 is 1.83 bits per heavy atom. The molecule has 3 heteroatoms. The monoisotopic (exact) mass is 236 g/mol. The number of pyridine rings is 1. The summed E-state index contributed by atoms with van der Waals surface area (Å²) < 4.78 is 1.88. The molecule has 3 nitrogen and oxygen atoms in total. The first-order valence-corrected chi connectivity index (χ1v) is 5.80. The van der Waals surface area contributed by atoms with Crippen LogP contribution in [0.15, 0.2) is 48.5 Å². The van der Waals surface area contributed by atoms with Crippen LogP contribution in [0.25, 0.3) is 16.9 Å². The van der Waals surface area contributed by atoms with Gasteiger partial charge >= 0.3 is 0 Å². The molecule has 2 aromatic heterocycles. The molecule has 3 aromatic rings. The second-order valence-corrected chi connectivity index (χ2v) is 4.17. The summed E-state index contributed by atoms with van der Waals surface area (Å²) in [5.74, 6) is 0. The van der Waals surface area contributed by atoms with Crippen molar-refractivity contribution >= 4 is 11.9 Å². The van der Waals surface area contributed by atoms with Crippen LogP contribution < -0.4 is 0 Å². The number of imidazole rings is 1. The number of hydrogen-bond acceptors (Lipinski definition) is 2. The van der Waals surface area contributed by atoms with Crippen LogP contribution in [0.3, 0.4) is 0 Å². The van der Waals surface area contributed by atoms with Crippen LogP contribution in [-0.4, -0.2) is 15.7 Å². The SMILES string of the molecule is Cc1c(-c2ccccc2)nc2cccc(C=O)n12. The lowest BCUT2D eigenvalue weighted by Crippen LogP contribution is -1.96. The van der Waals surface area contributed by atoms with Gasteiger partial charge in [-0.1, -0.05) is 36.4 Å². The molecule has 0 aliphatic rings. The van der Waals surface area contributed by atoms with Gasteiger partial charge in [-0.2, -0.15) is 0 Å². The second kappa shape index (κ2) is 4.11. The van der Waals surface area contributed by atoms with Crippen LogP contribution in [0.4, 0.5) is 0 Å². The smallest absolute Gasteiger partial charge is 0.166 e. The minimum Gasteiger partial charge on any atom is -0.296 e. The molecule has 0 unspecified atom stereocenters. The molecule has 18 heavy (non-hydrogen) atoms. The van der Waals surface area contributed by atoms with E-state index in [9.17, 15) is 4.79 Å². The maximum absolute atomic E-state index is 11.1. The summed E-state index contributed by atoms with van der Waals surface area (Å²) in [5, 5.41) is 0. The fourth-order valence-electron chi connectivity index (χ4n) is 2.23. The van der Waals surface area contributed by atoms with Crippen LogP contribution in [0.2, 0.25) is 0 Å². The molecule has 0 saturated heterocycles. The van der Waals surface area contributed by atoms with Gasteiger partial charge in [0.1, 0.15) is 5.65 Å². The average molecular weight is 236 g/mol. The minimum absolute atomic E-state index is 0.625. The van der Waals surface area contributed by atoms with E-state index in [1.165, 1.54) is 0 Å². The van der Waals surface area contributed by atoms with Gasteiger partial charge in [0.2, 0.25) is 0 Å². The summed E-state index contributed by atoms with van der Waals surface area (Å²) in [7, 11) is 0. The molecule has 0 N–H and O–H groups in total. The van der Waals surface area contributed by atoms with E-state index in [0.717, 1.165) is 28.9 Å². The molecule has 0 aliphatic heterocycles. The molecule has 2 heterocycles. The number of carbonyl (C=O) groups excluding carboxylic acids is 1. The fourth-order valence-corrected chi connectivity index (χ4v) is 2.23. The molecule has 88 valence electrons. The largest absolute Gasteiger partial charge is 0.296 e. The summed E-state index contributed by atoms with van der Waals surface area (Å²) in [6, 6.07) is 15.5. The van der Waals surface area contributed by atoms with Gasteiger partial charge in [-0.25, -0.2) is 4.98 Å². The van der Waals surface area contributed by atoms with E-state index in [4.69, 9.17) is 0 Å². The highest BCUT2D eigenvalue weighted by molar-refractivity contribution is 5.76. The number of aldehydes is 1. The number of aryl methyl sites for hydroxylation is 1. The number of rotatable bonds is 2. The number of nitrogens with zero attached hydrogens (tertiary/aromatic N) is 2. The summed E-state index contributed by atoms with van der Waals surface area (Å²) in [5.41, 5.74) is 4.40. The predicted molar refractivity (Wildman–Crippen MR) is 70.8 cm³/mol. The maximum Gasteiger partial charge on any atom is 0.166 e. The minimum atomic E-state index is 0.625. The van der Waals surface area contributed by atoms with Gasteiger partial charge in [0.25, 0.3) is 0 Å². The molecule has 1 aromatic carbocycles. The molecule has 0 bridgehead atoms. The number of aromatic nitrogens is 2. The van der Waals surface area contributed by atoms with Crippen molar-refractivity contribution in [1.29, 1.82) is 0 Å². The van der Waals surface area contributed by atoms with Crippen LogP contribution >= 0.6 is 0 Å². The number of fused-ring (bicyclic) bond motifs is 1. The van der Waals surface area contributed by atoms with E-state index >= 15 is 0 Å². The van der Waals surface area contributed by atoms with E-state index in [0.29, 0.717) is 5.69 Å². The number of carbonyl (C=O) groups is 1. The van der Waals surface area contributed by atoms with Crippen molar-refractivity contribution in [3.05, 3.63) is 59.9 Å². The highest BCUT2D eigenvalue weighted by atomic mass is 16.1. The first kappa shape index (κ1) is 10.7. The lowest BCUT2D eigenvalue weighted by atomic mass is 10.1. The quantitative estimate of drug-likeness (QED) is 0.641. The normalized spacial score (nSPS) is 10.7. The third-order valence-corrected chi connectivity index (χ3v) is 3.07. The third-order valence-electron chi connectivity index (χ3n) is 3.07. The van der Waals surface area contributed by atoms with Crippen molar-refractivity contribution in [3.8, 4) is 11.3 Å². The summed E-state index contributed by atoms with van der Waals surface area (Å²) in [6.07, 6.45) is 0.858. The number of benzene rings is 1. The summed E-state index contributed by atoms with van der Waals surface area (Å²) in [4.78, 5) is 15.7. The summed E-state index contributed by atoms with van der Waals surface area (Å²) >= 11 is 0. The Labute approximate surface area is 105 Å². The van der Waals surface area contributed by atoms with Gasteiger partial charge in [0, 0.05) is 11.3 Å². The standard InChI is InChI=1S/C15H12N2O/c1-11-15(12-6-3-2-4-7-12)16-14-9-5-8-13(10-18)17(11)14/h2-10H,1H3. The molecular formula is C15H12N2O. The van der Waals surface area contributed by atoms with E-state index < -0.39 is 0 Å². The Hall–Kier alpha value is -2.42. The van der Waals surface area contributed by atoms with E-state index in [-0.39, 0.29) is 0 Å². The fraction of sp³-hybridized carbons (Fsp3) is 0.0667. The van der Waals surface area contributed by atoms with Gasteiger partial charge in [0.05, 0.1) is 11.4 Å². The van der Waals surface area contributed by atoms with Gasteiger partial charge in [-0.15, -0.1) is 0 Å².